The minimum Gasteiger partial charge on any atom is -0.273 e. The van der Waals surface area contributed by atoms with Crippen molar-refractivity contribution in [3.63, 3.8) is 0 Å². The number of aliphatic imine (C=N–C) groups is 1. The zero-order valence-electron chi connectivity index (χ0n) is 10.1. The van der Waals surface area contributed by atoms with Crippen molar-refractivity contribution in [3.05, 3.63) is 30.3 Å². The van der Waals surface area contributed by atoms with Gasteiger partial charge in [0.2, 0.25) is 5.91 Å². The van der Waals surface area contributed by atoms with Gasteiger partial charge in [-0.25, -0.2) is 0 Å². The number of carbonyl (C=O) groups excluding carboxylic acids is 1. The van der Waals surface area contributed by atoms with Crippen molar-refractivity contribution in [2.24, 2.45) is 4.99 Å². The van der Waals surface area contributed by atoms with Gasteiger partial charge in [-0.1, -0.05) is 36.9 Å². The number of carbonyl (C=O) groups is 1. The minimum atomic E-state index is 0.114. The number of hydrogen-bond acceptors (Lipinski definition) is 3. The monoisotopic (exact) mass is 248 g/mol. The largest absolute Gasteiger partial charge is 0.273 e. The summed E-state index contributed by atoms with van der Waals surface area (Å²) >= 11 is 1.52. The molecule has 0 bridgehead atoms. The van der Waals surface area contributed by atoms with Crippen molar-refractivity contribution in [1.82, 2.24) is 0 Å². The molecule has 1 aromatic carbocycles. The molecule has 1 aliphatic rings. The Morgan fingerprint density at radius 3 is 2.76 bits per heavy atom. The van der Waals surface area contributed by atoms with Crippen LogP contribution in [0, 0.1) is 0 Å². The van der Waals surface area contributed by atoms with Crippen molar-refractivity contribution in [2.45, 2.75) is 26.3 Å². The van der Waals surface area contributed by atoms with Crippen LogP contribution in [0.3, 0.4) is 0 Å². The number of benzene rings is 1. The maximum atomic E-state index is 11.9. The fourth-order valence-corrected chi connectivity index (χ4v) is 2.54. The number of nitrogens with zero attached hydrogens (tertiary/aromatic N) is 2. The highest BCUT2D eigenvalue weighted by molar-refractivity contribution is 8.15. The van der Waals surface area contributed by atoms with Crippen molar-refractivity contribution in [3.8, 4) is 0 Å². The Morgan fingerprint density at radius 1 is 1.41 bits per heavy atom. The van der Waals surface area contributed by atoms with Crippen LogP contribution < -0.4 is 4.90 Å². The Bertz CT molecular complexity index is 430. The quantitative estimate of drug-likeness (QED) is 0.824. The van der Waals surface area contributed by atoms with Crippen LogP contribution in [-0.4, -0.2) is 22.9 Å². The fourth-order valence-electron chi connectivity index (χ4n) is 1.57. The molecular formula is C13H16N2OS. The molecule has 1 unspecified atom stereocenters. The lowest BCUT2D eigenvalue weighted by molar-refractivity contribution is -0.115. The summed E-state index contributed by atoms with van der Waals surface area (Å²) in [5.41, 5.74) is 0.907. The molecule has 90 valence electrons. The summed E-state index contributed by atoms with van der Waals surface area (Å²) in [6.45, 7) is 4.17. The molecule has 0 aliphatic carbocycles. The molecule has 4 heteroatoms. The van der Waals surface area contributed by atoms with E-state index in [1.807, 2.05) is 30.3 Å². The van der Waals surface area contributed by atoms with Gasteiger partial charge in [0.15, 0.2) is 5.17 Å². The van der Waals surface area contributed by atoms with Gasteiger partial charge in [0.1, 0.15) is 0 Å². The normalized spacial score (nSPS) is 20.0. The first-order valence-corrected chi connectivity index (χ1v) is 6.79. The summed E-state index contributed by atoms with van der Waals surface area (Å²) in [6.07, 6.45) is 0.987. The lowest BCUT2D eigenvalue weighted by atomic mass is 10.3. The second kappa shape index (κ2) is 5.36. The first-order chi connectivity index (χ1) is 8.22. The lowest BCUT2D eigenvalue weighted by Gasteiger charge is -2.17. The van der Waals surface area contributed by atoms with Crippen LogP contribution in [0.1, 0.15) is 20.3 Å². The van der Waals surface area contributed by atoms with E-state index < -0.39 is 0 Å². The third kappa shape index (κ3) is 2.69. The number of para-hydroxylation sites is 1. The van der Waals surface area contributed by atoms with Gasteiger partial charge < -0.3 is 0 Å². The van der Waals surface area contributed by atoms with Crippen LogP contribution in [0.4, 0.5) is 5.69 Å². The second-order valence-corrected chi connectivity index (χ2v) is 4.96. The van der Waals surface area contributed by atoms with Gasteiger partial charge in [-0.05, 0) is 25.5 Å². The van der Waals surface area contributed by atoms with Crippen LogP contribution in [-0.2, 0) is 4.79 Å². The molecule has 1 fully saturated rings. The maximum absolute atomic E-state index is 11.9. The van der Waals surface area contributed by atoms with Gasteiger partial charge >= 0.3 is 0 Å². The predicted molar refractivity (Wildman–Crippen MR) is 73.6 cm³/mol. The molecule has 2 rings (SSSR count). The van der Waals surface area contributed by atoms with E-state index in [1.165, 1.54) is 11.8 Å². The van der Waals surface area contributed by atoms with E-state index in [-0.39, 0.29) is 11.9 Å². The smallest absolute Gasteiger partial charge is 0.243 e. The summed E-state index contributed by atoms with van der Waals surface area (Å²) in [5, 5.41) is 0.829. The van der Waals surface area contributed by atoms with Gasteiger partial charge in [-0.3, -0.25) is 14.7 Å². The molecular weight excluding hydrogens is 232 g/mol. The van der Waals surface area contributed by atoms with Crippen LogP contribution in [0.15, 0.2) is 35.3 Å². The first kappa shape index (κ1) is 12.2. The molecule has 0 radical (unpaired) electrons. The van der Waals surface area contributed by atoms with E-state index in [0.717, 1.165) is 17.3 Å². The highest BCUT2D eigenvalue weighted by atomic mass is 32.2. The summed E-state index contributed by atoms with van der Waals surface area (Å²) < 4.78 is 0. The number of rotatable bonds is 3. The van der Waals surface area contributed by atoms with Crippen molar-refractivity contribution >= 4 is 28.5 Å². The number of thioether (sulfide) groups is 1. The highest BCUT2D eigenvalue weighted by Crippen LogP contribution is 2.26. The SMILES string of the molecule is CCC(C)N=C1SCC(=O)N1c1ccccc1. The van der Waals surface area contributed by atoms with E-state index in [2.05, 4.69) is 18.8 Å². The van der Waals surface area contributed by atoms with Crippen molar-refractivity contribution < 1.29 is 4.79 Å². The summed E-state index contributed by atoms with van der Waals surface area (Å²) in [4.78, 5) is 18.2. The minimum absolute atomic E-state index is 0.114. The van der Waals surface area contributed by atoms with E-state index in [4.69, 9.17) is 0 Å². The standard InChI is InChI=1S/C13H16N2OS/c1-3-10(2)14-13-15(12(16)9-17-13)11-7-5-4-6-8-11/h4-8,10H,3,9H2,1-2H3. The molecule has 1 heterocycles. The van der Waals surface area contributed by atoms with Crippen LogP contribution >= 0.6 is 11.8 Å². The van der Waals surface area contributed by atoms with Gasteiger partial charge in [-0.2, -0.15) is 0 Å². The third-order valence-corrected chi connectivity index (χ3v) is 3.64. The van der Waals surface area contributed by atoms with Gasteiger partial charge in [0.25, 0.3) is 0 Å². The number of anilines is 1. The average Bonchev–Trinajstić information content (AvgIpc) is 2.71. The lowest BCUT2D eigenvalue weighted by Crippen LogP contribution is -2.29. The van der Waals surface area contributed by atoms with Crippen molar-refractivity contribution in [1.29, 1.82) is 0 Å². The number of amides is 1. The molecule has 1 aliphatic heterocycles. The van der Waals surface area contributed by atoms with Gasteiger partial charge in [-0.15, -0.1) is 0 Å². The highest BCUT2D eigenvalue weighted by Gasteiger charge is 2.29. The van der Waals surface area contributed by atoms with Crippen LogP contribution in [0.5, 0.6) is 0 Å². The number of amidine groups is 1. The first-order valence-electron chi connectivity index (χ1n) is 5.81. The Kier molecular flexibility index (Phi) is 3.84. The zero-order valence-corrected chi connectivity index (χ0v) is 10.9. The molecule has 1 aromatic rings. The molecule has 17 heavy (non-hydrogen) atoms. The van der Waals surface area contributed by atoms with Gasteiger partial charge in [0, 0.05) is 6.04 Å². The van der Waals surface area contributed by atoms with E-state index in [1.54, 1.807) is 4.90 Å². The average molecular weight is 248 g/mol. The summed E-state index contributed by atoms with van der Waals surface area (Å²) in [7, 11) is 0. The molecule has 3 nitrogen and oxygen atoms in total. The Morgan fingerprint density at radius 2 is 2.12 bits per heavy atom. The molecule has 0 aromatic heterocycles. The Balaban J connectivity index is 2.30. The maximum Gasteiger partial charge on any atom is 0.243 e. The van der Waals surface area contributed by atoms with Crippen LogP contribution in [0.2, 0.25) is 0 Å². The van der Waals surface area contributed by atoms with Crippen LogP contribution in [0.25, 0.3) is 0 Å². The molecule has 1 saturated heterocycles. The molecule has 1 atom stereocenters. The zero-order chi connectivity index (χ0) is 12.3. The Labute approximate surface area is 106 Å². The molecule has 0 N–H and O–H groups in total. The molecule has 0 spiro atoms. The summed E-state index contributed by atoms with van der Waals surface area (Å²) in [6, 6.07) is 9.96. The second-order valence-electron chi connectivity index (χ2n) is 4.02. The topological polar surface area (TPSA) is 32.7 Å². The Hall–Kier alpha value is -1.29. The van der Waals surface area contributed by atoms with E-state index in [9.17, 15) is 4.79 Å². The molecule has 1 amide bonds. The van der Waals surface area contributed by atoms with Gasteiger partial charge in [0.05, 0.1) is 11.4 Å². The van der Waals surface area contributed by atoms with E-state index >= 15 is 0 Å². The summed E-state index contributed by atoms with van der Waals surface area (Å²) in [5.74, 6) is 0.604. The van der Waals surface area contributed by atoms with E-state index in [0.29, 0.717) is 5.75 Å². The molecule has 0 saturated carbocycles. The fraction of sp³-hybridized carbons (Fsp3) is 0.385. The third-order valence-electron chi connectivity index (χ3n) is 2.70. The van der Waals surface area contributed by atoms with Crippen molar-refractivity contribution in [2.75, 3.05) is 10.7 Å². The number of hydrogen-bond donors (Lipinski definition) is 0. The predicted octanol–water partition coefficient (Wildman–Crippen LogP) is 2.92.